The second-order valence-electron chi connectivity index (χ2n) is 4.89. The molecule has 0 aliphatic heterocycles. The van der Waals surface area contributed by atoms with E-state index < -0.39 is 0 Å². The zero-order chi connectivity index (χ0) is 8.51. The molecule has 0 amide bonds. The molecule has 1 heteroatoms. The van der Waals surface area contributed by atoms with Crippen molar-refractivity contribution in [3.8, 4) is 0 Å². The van der Waals surface area contributed by atoms with Gasteiger partial charge in [0.25, 0.3) is 0 Å². The summed E-state index contributed by atoms with van der Waals surface area (Å²) in [4.78, 5) is 0. The van der Waals surface area contributed by atoms with E-state index in [4.69, 9.17) is 0 Å². The van der Waals surface area contributed by atoms with E-state index in [0.29, 0.717) is 5.41 Å². The van der Waals surface area contributed by atoms with Crippen molar-refractivity contribution in [1.29, 1.82) is 0 Å². The van der Waals surface area contributed by atoms with Gasteiger partial charge in [0, 0.05) is 0 Å². The number of hydrogen-bond donors (Lipinski definition) is 1. The van der Waals surface area contributed by atoms with Crippen LogP contribution in [0, 0.1) is 12.3 Å². The monoisotopic (exact) mass is 175 g/mol. The van der Waals surface area contributed by atoms with E-state index in [0.717, 1.165) is 11.8 Å². The van der Waals surface area contributed by atoms with Gasteiger partial charge in [0.1, 0.15) is 0 Å². The van der Waals surface area contributed by atoms with Crippen LogP contribution in [0.4, 0.5) is 0 Å². The second-order valence-corrected chi connectivity index (χ2v) is 4.89. The normalized spacial score (nSPS) is 30.7. The minimum absolute atomic E-state index is 0. The smallest absolute Gasteiger partial charge is 0.00276 e. The lowest BCUT2D eigenvalue weighted by molar-refractivity contribution is 0.593. The van der Waals surface area contributed by atoms with E-state index in [-0.39, 0.29) is 6.15 Å². The Bertz CT molecular complexity index is 365. The van der Waals surface area contributed by atoms with E-state index in [1.54, 1.807) is 11.1 Å². The van der Waals surface area contributed by atoms with Gasteiger partial charge in [-0.3, -0.25) is 0 Å². The number of aryl methyl sites for hydroxylation is 1. The van der Waals surface area contributed by atoms with Gasteiger partial charge in [-0.2, -0.15) is 0 Å². The molecular weight excluding hydrogens is 158 g/mol. The highest BCUT2D eigenvalue weighted by Crippen LogP contribution is 2.73. The predicted molar refractivity (Wildman–Crippen MR) is 55.5 cm³/mol. The van der Waals surface area contributed by atoms with Crippen molar-refractivity contribution in [1.82, 2.24) is 6.15 Å². The maximum atomic E-state index is 2.40. The first kappa shape index (κ1) is 8.76. The van der Waals surface area contributed by atoms with Gasteiger partial charge in [-0.1, -0.05) is 32.0 Å². The molecule has 2 bridgehead atoms. The first-order valence-corrected chi connectivity index (χ1v) is 4.73. The fraction of sp³-hybridized carbons (Fsp3) is 0.500. The number of benzene rings is 1. The molecule has 70 valence electrons. The third kappa shape index (κ3) is 0.806. The summed E-state index contributed by atoms with van der Waals surface area (Å²) in [6.45, 7) is 7.01. The van der Waals surface area contributed by atoms with Gasteiger partial charge in [-0.15, -0.1) is 0 Å². The molecule has 1 fully saturated rings. The molecule has 0 saturated heterocycles. The lowest BCUT2D eigenvalue weighted by atomic mass is 9.95. The van der Waals surface area contributed by atoms with E-state index in [2.05, 4.69) is 39.0 Å². The summed E-state index contributed by atoms with van der Waals surface area (Å²) in [6.07, 6.45) is 0. The van der Waals surface area contributed by atoms with Crippen LogP contribution in [0.5, 0.6) is 0 Å². The van der Waals surface area contributed by atoms with Crippen LogP contribution in [-0.2, 0) is 0 Å². The van der Waals surface area contributed by atoms with Gasteiger partial charge in [-0.25, -0.2) is 0 Å². The molecule has 13 heavy (non-hydrogen) atoms. The minimum Gasteiger partial charge on any atom is -0.344 e. The largest absolute Gasteiger partial charge is 0.344 e. The average Bonchev–Trinajstić information content (AvgIpc) is 2.46. The first-order valence-electron chi connectivity index (χ1n) is 4.73. The molecule has 2 aliphatic rings. The highest BCUT2D eigenvalue weighted by molar-refractivity contribution is 5.53. The zero-order valence-corrected chi connectivity index (χ0v) is 8.59. The predicted octanol–water partition coefficient (Wildman–Crippen LogP) is 3.38. The molecule has 2 aliphatic carbocycles. The summed E-state index contributed by atoms with van der Waals surface area (Å²) in [7, 11) is 0. The third-order valence-corrected chi connectivity index (χ3v) is 3.82. The second kappa shape index (κ2) is 2.16. The average molecular weight is 175 g/mol. The summed E-state index contributed by atoms with van der Waals surface area (Å²) in [6, 6.07) is 6.97. The summed E-state index contributed by atoms with van der Waals surface area (Å²) in [5.74, 6) is 1.70. The van der Waals surface area contributed by atoms with Crippen molar-refractivity contribution in [2.75, 3.05) is 0 Å². The molecule has 0 heterocycles. The van der Waals surface area contributed by atoms with Crippen molar-refractivity contribution in [3.63, 3.8) is 0 Å². The summed E-state index contributed by atoms with van der Waals surface area (Å²) in [5.41, 5.74) is 5.23. The van der Waals surface area contributed by atoms with Crippen LogP contribution in [0.25, 0.3) is 0 Å². The van der Waals surface area contributed by atoms with Crippen LogP contribution in [0.1, 0.15) is 42.4 Å². The van der Waals surface area contributed by atoms with Gasteiger partial charge in [0.15, 0.2) is 0 Å². The Hall–Kier alpha value is -0.820. The molecule has 1 aromatic carbocycles. The van der Waals surface area contributed by atoms with Gasteiger partial charge >= 0.3 is 0 Å². The highest BCUT2D eigenvalue weighted by Gasteiger charge is 2.62. The van der Waals surface area contributed by atoms with Crippen molar-refractivity contribution in [3.05, 3.63) is 34.9 Å². The van der Waals surface area contributed by atoms with Crippen molar-refractivity contribution in [2.24, 2.45) is 5.41 Å². The Balaban J connectivity index is 0.000000653. The zero-order valence-electron chi connectivity index (χ0n) is 8.59. The van der Waals surface area contributed by atoms with E-state index in [9.17, 15) is 0 Å². The Morgan fingerprint density at radius 3 is 2.54 bits per heavy atom. The minimum atomic E-state index is 0. The standard InChI is InChI=1S/C12H14.H3N/c1-7-4-5-8-6-9(7)11-10(8)12(11,2)3;/h4-6,10-11H,1-3H3;1H3. The van der Waals surface area contributed by atoms with E-state index in [1.807, 2.05) is 0 Å². The van der Waals surface area contributed by atoms with Gasteiger partial charge in [-0.05, 0) is 40.9 Å². The van der Waals surface area contributed by atoms with Crippen LogP contribution in [-0.4, -0.2) is 0 Å². The number of fused-ring (bicyclic) bond motifs is 5. The van der Waals surface area contributed by atoms with Crippen LogP contribution in [0.3, 0.4) is 0 Å². The highest BCUT2D eigenvalue weighted by atomic mass is 14.6. The first-order chi connectivity index (χ1) is 5.62. The quantitative estimate of drug-likeness (QED) is 0.644. The molecule has 3 N–H and O–H groups in total. The van der Waals surface area contributed by atoms with Crippen LogP contribution in [0.2, 0.25) is 0 Å². The molecular formula is C12H17N. The van der Waals surface area contributed by atoms with Crippen LogP contribution < -0.4 is 6.15 Å². The fourth-order valence-corrected chi connectivity index (χ4v) is 3.03. The lowest BCUT2D eigenvalue weighted by Gasteiger charge is -2.09. The van der Waals surface area contributed by atoms with E-state index in [1.165, 1.54) is 5.56 Å². The van der Waals surface area contributed by atoms with Gasteiger partial charge < -0.3 is 6.15 Å². The molecule has 0 spiro atoms. The molecule has 3 rings (SSSR count). The SMILES string of the molecule is Cc1ccc2cc1C1C2C1(C)C.N. The maximum Gasteiger partial charge on any atom is -0.00276 e. The Morgan fingerprint density at radius 1 is 1.15 bits per heavy atom. The molecule has 1 aromatic rings. The Labute approximate surface area is 79.7 Å². The van der Waals surface area contributed by atoms with Crippen molar-refractivity contribution in [2.45, 2.75) is 32.6 Å². The van der Waals surface area contributed by atoms with Crippen molar-refractivity contribution < 1.29 is 0 Å². The number of rotatable bonds is 0. The fourth-order valence-electron chi connectivity index (χ4n) is 3.03. The molecule has 1 saturated carbocycles. The summed E-state index contributed by atoms with van der Waals surface area (Å²) >= 11 is 0. The lowest BCUT2D eigenvalue weighted by Crippen LogP contribution is -1.96. The van der Waals surface area contributed by atoms with Crippen molar-refractivity contribution >= 4 is 0 Å². The van der Waals surface area contributed by atoms with Crippen LogP contribution >= 0.6 is 0 Å². The summed E-state index contributed by atoms with van der Waals surface area (Å²) in [5, 5.41) is 0. The topological polar surface area (TPSA) is 35.0 Å². The molecule has 2 atom stereocenters. The van der Waals surface area contributed by atoms with Gasteiger partial charge in [0.2, 0.25) is 0 Å². The molecule has 2 unspecified atom stereocenters. The Kier molecular flexibility index (Phi) is 1.45. The molecule has 0 radical (unpaired) electrons. The Morgan fingerprint density at radius 2 is 1.85 bits per heavy atom. The molecule has 1 nitrogen and oxygen atoms in total. The maximum absolute atomic E-state index is 2.40. The third-order valence-electron chi connectivity index (χ3n) is 3.82. The van der Waals surface area contributed by atoms with Gasteiger partial charge in [0.05, 0.1) is 0 Å². The summed E-state index contributed by atoms with van der Waals surface area (Å²) < 4.78 is 0. The van der Waals surface area contributed by atoms with Crippen LogP contribution in [0.15, 0.2) is 18.2 Å². The molecule has 0 aromatic heterocycles. The number of hydrogen-bond acceptors (Lipinski definition) is 1. The van der Waals surface area contributed by atoms with E-state index >= 15 is 0 Å².